The van der Waals surface area contributed by atoms with Gasteiger partial charge in [-0.25, -0.2) is 0 Å². The minimum absolute atomic E-state index is 0.0697. The van der Waals surface area contributed by atoms with Crippen molar-refractivity contribution >= 4 is 17.3 Å². The molecule has 0 radical (unpaired) electrons. The molecule has 23 heavy (non-hydrogen) atoms. The van der Waals surface area contributed by atoms with Crippen molar-refractivity contribution in [3.05, 3.63) is 64.2 Å². The van der Waals surface area contributed by atoms with Gasteiger partial charge in [-0.3, -0.25) is 14.9 Å². The summed E-state index contributed by atoms with van der Waals surface area (Å²) in [5.41, 5.74) is 1.42. The van der Waals surface area contributed by atoms with Crippen LogP contribution in [-0.4, -0.2) is 17.9 Å². The van der Waals surface area contributed by atoms with E-state index in [1.165, 1.54) is 25.3 Å². The third-order valence-corrected chi connectivity index (χ3v) is 3.53. The Labute approximate surface area is 134 Å². The molecule has 0 aliphatic rings. The Morgan fingerprint density at radius 2 is 1.96 bits per heavy atom. The van der Waals surface area contributed by atoms with Crippen molar-refractivity contribution in [2.75, 3.05) is 12.4 Å². The van der Waals surface area contributed by atoms with Gasteiger partial charge in [0.1, 0.15) is 5.75 Å². The first kappa shape index (κ1) is 16.5. The number of rotatable bonds is 6. The van der Waals surface area contributed by atoms with E-state index in [9.17, 15) is 14.9 Å². The highest BCUT2D eigenvalue weighted by Gasteiger charge is 2.15. The molecule has 0 fully saturated rings. The van der Waals surface area contributed by atoms with Crippen molar-refractivity contribution in [1.29, 1.82) is 0 Å². The number of anilines is 1. The number of hydrogen-bond acceptors (Lipinski definition) is 4. The average molecular weight is 314 g/mol. The molecular formula is C17H18N2O4. The highest BCUT2D eigenvalue weighted by molar-refractivity contribution is 5.93. The summed E-state index contributed by atoms with van der Waals surface area (Å²) in [5, 5.41) is 13.5. The molecule has 0 bridgehead atoms. The Hall–Kier alpha value is -2.89. The number of nitrogens with one attached hydrogen (secondary N) is 1. The quantitative estimate of drug-likeness (QED) is 0.650. The molecule has 1 atom stereocenters. The lowest BCUT2D eigenvalue weighted by Gasteiger charge is -2.13. The summed E-state index contributed by atoms with van der Waals surface area (Å²) in [5.74, 6) is 0.161. The molecule has 0 heterocycles. The van der Waals surface area contributed by atoms with E-state index in [0.29, 0.717) is 12.1 Å². The second-order valence-corrected chi connectivity index (χ2v) is 5.21. The van der Waals surface area contributed by atoms with Gasteiger partial charge in [0.05, 0.1) is 23.8 Å². The predicted molar refractivity (Wildman–Crippen MR) is 87.8 cm³/mol. The van der Waals surface area contributed by atoms with E-state index < -0.39 is 4.92 Å². The molecule has 6 nitrogen and oxygen atoms in total. The largest absolute Gasteiger partial charge is 0.494 e. The van der Waals surface area contributed by atoms with Crippen molar-refractivity contribution in [3.8, 4) is 5.75 Å². The van der Waals surface area contributed by atoms with Crippen LogP contribution in [0, 0.1) is 10.1 Å². The van der Waals surface area contributed by atoms with Crippen LogP contribution >= 0.6 is 0 Å². The van der Waals surface area contributed by atoms with Crippen LogP contribution in [0.15, 0.2) is 48.5 Å². The first-order valence-electron chi connectivity index (χ1n) is 7.18. The van der Waals surface area contributed by atoms with Crippen LogP contribution in [0.5, 0.6) is 5.75 Å². The van der Waals surface area contributed by atoms with Crippen molar-refractivity contribution in [2.24, 2.45) is 0 Å². The van der Waals surface area contributed by atoms with Crippen molar-refractivity contribution in [2.45, 2.75) is 19.3 Å². The Morgan fingerprint density at radius 3 is 2.57 bits per heavy atom. The third-order valence-electron chi connectivity index (χ3n) is 3.53. The number of amides is 1. The van der Waals surface area contributed by atoms with E-state index in [-0.39, 0.29) is 23.3 Å². The number of benzene rings is 2. The average Bonchev–Trinajstić information content (AvgIpc) is 2.55. The van der Waals surface area contributed by atoms with Gasteiger partial charge >= 0.3 is 0 Å². The zero-order valence-electron chi connectivity index (χ0n) is 13.0. The highest BCUT2D eigenvalue weighted by atomic mass is 16.6. The van der Waals surface area contributed by atoms with E-state index in [0.717, 1.165) is 5.56 Å². The van der Waals surface area contributed by atoms with Crippen LogP contribution in [0.2, 0.25) is 0 Å². The Bertz CT molecular complexity index is 701. The number of methoxy groups -OCH3 is 1. The van der Waals surface area contributed by atoms with Gasteiger partial charge in [0.25, 0.3) is 5.69 Å². The monoisotopic (exact) mass is 314 g/mol. The number of carbonyl (C=O) groups is 1. The van der Waals surface area contributed by atoms with Crippen LogP contribution in [0.4, 0.5) is 11.4 Å². The lowest BCUT2D eigenvalue weighted by molar-refractivity contribution is -0.384. The second kappa shape index (κ2) is 7.40. The summed E-state index contributed by atoms with van der Waals surface area (Å²) >= 11 is 0. The van der Waals surface area contributed by atoms with E-state index in [1.54, 1.807) is 0 Å². The molecule has 1 N–H and O–H groups in total. The minimum atomic E-state index is -0.508. The van der Waals surface area contributed by atoms with E-state index in [4.69, 9.17) is 4.74 Å². The summed E-state index contributed by atoms with van der Waals surface area (Å²) in [7, 11) is 1.40. The van der Waals surface area contributed by atoms with Crippen molar-refractivity contribution < 1.29 is 14.5 Å². The zero-order chi connectivity index (χ0) is 16.8. The summed E-state index contributed by atoms with van der Waals surface area (Å²) in [6.07, 6.45) is 0.310. The number of ether oxygens (including phenoxy) is 1. The van der Waals surface area contributed by atoms with Gasteiger partial charge in [-0.2, -0.15) is 0 Å². The fraction of sp³-hybridized carbons (Fsp3) is 0.235. The Kier molecular flexibility index (Phi) is 5.30. The zero-order valence-corrected chi connectivity index (χ0v) is 13.0. The molecule has 0 saturated heterocycles. The topological polar surface area (TPSA) is 81.5 Å². The molecule has 2 rings (SSSR count). The maximum atomic E-state index is 12.2. The smallest absolute Gasteiger partial charge is 0.273 e. The fourth-order valence-corrected chi connectivity index (χ4v) is 2.28. The molecule has 0 aromatic heterocycles. The number of nitro groups is 1. The van der Waals surface area contributed by atoms with Crippen molar-refractivity contribution in [3.63, 3.8) is 0 Å². The molecular weight excluding hydrogens is 296 g/mol. The Morgan fingerprint density at radius 1 is 1.26 bits per heavy atom. The number of carbonyl (C=O) groups excluding carboxylic acids is 1. The van der Waals surface area contributed by atoms with Gasteiger partial charge in [0.15, 0.2) is 0 Å². The number of non-ortho nitro benzene ring substituents is 1. The van der Waals surface area contributed by atoms with Crippen LogP contribution < -0.4 is 10.1 Å². The number of hydrogen-bond donors (Lipinski definition) is 1. The minimum Gasteiger partial charge on any atom is -0.494 e. The van der Waals surface area contributed by atoms with Crippen LogP contribution in [-0.2, 0) is 4.79 Å². The lowest BCUT2D eigenvalue weighted by atomic mass is 9.97. The molecule has 2 aromatic carbocycles. The van der Waals surface area contributed by atoms with Crippen molar-refractivity contribution in [1.82, 2.24) is 0 Å². The molecule has 0 aliphatic carbocycles. The van der Waals surface area contributed by atoms with Gasteiger partial charge < -0.3 is 10.1 Å². The molecule has 0 unspecified atom stereocenters. The summed E-state index contributed by atoms with van der Waals surface area (Å²) in [6.45, 7) is 1.97. The molecule has 2 aromatic rings. The molecule has 0 spiro atoms. The predicted octanol–water partition coefficient (Wildman–Crippen LogP) is 3.74. The van der Waals surface area contributed by atoms with Crippen LogP contribution in [0.3, 0.4) is 0 Å². The Balaban J connectivity index is 2.07. The van der Waals surface area contributed by atoms with Crippen LogP contribution in [0.1, 0.15) is 24.8 Å². The number of nitro benzene ring substituents is 1. The van der Waals surface area contributed by atoms with Gasteiger partial charge in [0.2, 0.25) is 5.91 Å². The van der Waals surface area contributed by atoms with Gasteiger partial charge in [-0.15, -0.1) is 0 Å². The highest BCUT2D eigenvalue weighted by Crippen LogP contribution is 2.29. The first-order chi connectivity index (χ1) is 11.0. The fourth-order valence-electron chi connectivity index (χ4n) is 2.28. The lowest BCUT2D eigenvalue weighted by Crippen LogP contribution is -2.15. The summed E-state index contributed by atoms with van der Waals surface area (Å²) in [4.78, 5) is 22.4. The summed E-state index contributed by atoms with van der Waals surface area (Å²) < 4.78 is 5.11. The van der Waals surface area contributed by atoms with E-state index >= 15 is 0 Å². The normalized spacial score (nSPS) is 11.6. The molecule has 1 amide bonds. The van der Waals surface area contributed by atoms with E-state index in [1.807, 2.05) is 37.3 Å². The van der Waals surface area contributed by atoms with Gasteiger partial charge in [-0.05, 0) is 17.5 Å². The maximum Gasteiger partial charge on any atom is 0.273 e. The SMILES string of the molecule is COc1cc([N+](=O)[O-])ccc1NC(=O)C[C@H](C)c1ccccc1. The maximum absolute atomic E-state index is 12.2. The standard InChI is InChI=1S/C17H18N2O4/c1-12(13-6-4-3-5-7-13)10-17(20)18-15-9-8-14(19(21)22)11-16(15)23-2/h3-9,11-12H,10H2,1-2H3,(H,18,20)/t12-/m0/s1. The van der Waals surface area contributed by atoms with Gasteiger partial charge in [0, 0.05) is 12.5 Å². The molecule has 0 aliphatic heterocycles. The van der Waals surface area contributed by atoms with E-state index in [2.05, 4.69) is 5.32 Å². The second-order valence-electron chi connectivity index (χ2n) is 5.21. The third kappa shape index (κ3) is 4.29. The molecule has 0 saturated carbocycles. The molecule has 120 valence electrons. The number of nitrogens with zero attached hydrogens (tertiary/aromatic N) is 1. The first-order valence-corrected chi connectivity index (χ1v) is 7.18. The summed E-state index contributed by atoms with van der Waals surface area (Å²) in [6, 6.07) is 13.8. The van der Waals surface area contributed by atoms with Crippen LogP contribution in [0.25, 0.3) is 0 Å². The van der Waals surface area contributed by atoms with Gasteiger partial charge in [-0.1, -0.05) is 37.3 Å². The molecule has 6 heteroatoms.